The molecule has 0 spiro atoms. The van der Waals surface area contributed by atoms with E-state index in [0.29, 0.717) is 23.1 Å². The van der Waals surface area contributed by atoms with Crippen LogP contribution in [0.1, 0.15) is 49.4 Å². The van der Waals surface area contributed by atoms with Gasteiger partial charge in [-0.2, -0.15) is 15.1 Å². The van der Waals surface area contributed by atoms with Crippen molar-refractivity contribution in [1.29, 1.82) is 0 Å². The fourth-order valence-electron chi connectivity index (χ4n) is 4.68. The number of halogens is 1. The molecule has 1 aliphatic heterocycles. The van der Waals surface area contributed by atoms with Crippen LogP contribution < -0.4 is 20.3 Å². The van der Waals surface area contributed by atoms with Crippen molar-refractivity contribution in [1.82, 2.24) is 25.5 Å². The van der Waals surface area contributed by atoms with Gasteiger partial charge in [0.25, 0.3) is 0 Å². The first kappa shape index (κ1) is 21.1. The van der Waals surface area contributed by atoms with Gasteiger partial charge in [0, 0.05) is 55.0 Å². The van der Waals surface area contributed by atoms with E-state index in [4.69, 9.17) is 4.74 Å². The lowest BCUT2D eigenvalue weighted by molar-refractivity contribution is 0.409. The van der Waals surface area contributed by atoms with E-state index in [1.54, 1.807) is 6.07 Å². The highest BCUT2D eigenvalue weighted by molar-refractivity contribution is 5.66. The average Bonchev–Trinajstić information content (AvgIpc) is 3.45. The van der Waals surface area contributed by atoms with Gasteiger partial charge in [0.1, 0.15) is 11.6 Å². The molecule has 0 amide bonds. The van der Waals surface area contributed by atoms with Gasteiger partial charge in [0.05, 0.1) is 0 Å². The number of nitrogens with zero attached hydrogens (tertiary/aromatic N) is 4. The van der Waals surface area contributed by atoms with E-state index in [2.05, 4.69) is 42.6 Å². The zero-order valence-electron chi connectivity index (χ0n) is 19.4. The van der Waals surface area contributed by atoms with Crippen LogP contribution in [0.2, 0.25) is 0 Å². The normalized spacial score (nSPS) is 19.7. The van der Waals surface area contributed by atoms with Gasteiger partial charge < -0.3 is 20.3 Å². The number of nitrogens with one attached hydrogen (secondary N) is 3. The number of H-pyrrole nitrogens is 1. The summed E-state index contributed by atoms with van der Waals surface area (Å²) in [6, 6.07) is 7.83. The first-order chi connectivity index (χ1) is 16.5. The second-order valence-corrected chi connectivity index (χ2v) is 9.47. The van der Waals surface area contributed by atoms with E-state index in [1.807, 2.05) is 31.2 Å². The molecule has 34 heavy (non-hydrogen) atoms. The second kappa shape index (κ2) is 8.39. The van der Waals surface area contributed by atoms with Gasteiger partial charge in [-0.25, -0.2) is 4.39 Å². The smallest absolute Gasteiger partial charge is 0.326 e. The lowest BCUT2D eigenvalue weighted by atomic mass is 10.1. The molecule has 6 rings (SSSR count). The number of fused-ring (bicyclic) bond motifs is 1. The van der Waals surface area contributed by atoms with Crippen LogP contribution in [0.5, 0.6) is 11.8 Å². The van der Waals surface area contributed by atoms with Crippen LogP contribution in [0.15, 0.2) is 29.8 Å². The van der Waals surface area contributed by atoms with Gasteiger partial charge in [-0.3, -0.25) is 5.10 Å². The van der Waals surface area contributed by atoms with Crippen molar-refractivity contribution in [3.05, 3.63) is 52.5 Å². The highest BCUT2D eigenvalue weighted by Gasteiger charge is 2.26. The molecule has 1 atom stereocenters. The van der Waals surface area contributed by atoms with Crippen molar-refractivity contribution >= 4 is 23.5 Å². The van der Waals surface area contributed by atoms with Crippen molar-refractivity contribution in [3.8, 4) is 11.8 Å². The molecular formula is C25H28FN7O. The van der Waals surface area contributed by atoms with Crippen LogP contribution in [0.3, 0.4) is 0 Å². The van der Waals surface area contributed by atoms with Crippen LogP contribution in [-0.2, 0) is 6.42 Å². The molecule has 3 aromatic rings. The van der Waals surface area contributed by atoms with Crippen molar-refractivity contribution in [2.24, 2.45) is 0 Å². The SMILES string of the molecule is CC1=Cc2c(ccc(Oc3nc(Nc4cc(C5CC5)[nH]n4)cc(N4CCNC[C@@H]4C)n3)c2F)C1. The summed E-state index contributed by atoms with van der Waals surface area (Å²) >= 11 is 0. The van der Waals surface area contributed by atoms with E-state index < -0.39 is 0 Å². The fraction of sp³-hybridized carbons (Fsp3) is 0.400. The molecule has 2 aliphatic carbocycles. The molecule has 0 radical (unpaired) electrons. The van der Waals surface area contributed by atoms with Gasteiger partial charge in [0.2, 0.25) is 0 Å². The first-order valence-electron chi connectivity index (χ1n) is 11.9. The lowest BCUT2D eigenvalue weighted by Gasteiger charge is -2.35. The summed E-state index contributed by atoms with van der Waals surface area (Å²) in [4.78, 5) is 11.4. The molecule has 8 nitrogen and oxygen atoms in total. The molecule has 1 aromatic carbocycles. The average molecular weight is 462 g/mol. The Morgan fingerprint density at radius 1 is 1.18 bits per heavy atom. The van der Waals surface area contributed by atoms with Crippen LogP contribution in [0.25, 0.3) is 6.08 Å². The molecule has 3 N–H and O–H groups in total. The second-order valence-electron chi connectivity index (χ2n) is 9.47. The monoisotopic (exact) mass is 461 g/mol. The number of aromatic nitrogens is 4. The topological polar surface area (TPSA) is 91.0 Å². The van der Waals surface area contributed by atoms with Crippen LogP contribution in [0.4, 0.5) is 21.8 Å². The maximum atomic E-state index is 15.2. The van der Waals surface area contributed by atoms with E-state index in [-0.39, 0.29) is 23.6 Å². The Bertz CT molecular complexity index is 1270. The molecule has 1 saturated carbocycles. The number of hydrogen-bond acceptors (Lipinski definition) is 7. The summed E-state index contributed by atoms with van der Waals surface area (Å²) in [5.41, 5.74) is 3.82. The van der Waals surface area contributed by atoms with E-state index >= 15 is 4.39 Å². The Labute approximate surface area is 197 Å². The number of rotatable bonds is 6. The van der Waals surface area contributed by atoms with Crippen molar-refractivity contribution < 1.29 is 9.13 Å². The van der Waals surface area contributed by atoms with Crippen LogP contribution >= 0.6 is 0 Å². The zero-order chi connectivity index (χ0) is 23.2. The molecule has 2 aromatic heterocycles. The van der Waals surface area contributed by atoms with Gasteiger partial charge >= 0.3 is 6.01 Å². The number of piperazine rings is 1. The molecule has 3 heterocycles. The summed E-state index contributed by atoms with van der Waals surface area (Å²) in [6.45, 7) is 6.68. The summed E-state index contributed by atoms with van der Waals surface area (Å²) in [7, 11) is 0. The van der Waals surface area contributed by atoms with E-state index in [9.17, 15) is 0 Å². The van der Waals surface area contributed by atoms with Crippen molar-refractivity contribution in [2.45, 2.75) is 45.1 Å². The fourth-order valence-corrected chi connectivity index (χ4v) is 4.68. The minimum absolute atomic E-state index is 0.0984. The Morgan fingerprint density at radius 2 is 2.06 bits per heavy atom. The Kier molecular flexibility index (Phi) is 5.21. The zero-order valence-corrected chi connectivity index (χ0v) is 19.4. The number of aromatic amines is 1. The molecule has 1 saturated heterocycles. The molecule has 0 unspecified atom stereocenters. The molecule has 3 aliphatic rings. The lowest BCUT2D eigenvalue weighted by Crippen LogP contribution is -2.50. The predicted molar refractivity (Wildman–Crippen MR) is 129 cm³/mol. The molecule has 176 valence electrons. The summed E-state index contributed by atoms with van der Waals surface area (Å²) in [5, 5.41) is 14.1. The predicted octanol–water partition coefficient (Wildman–Crippen LogP) is 4.51. The molecule has 0 bridgehead atoms. The number of allylic oxidation sites excluding steroid dienone is 1. The van der Waals surface area contributed by atoms with E-state index in [1.165, 1.54) is 12.8 Å². The van der Waals surface area contributed by atoms with Crippen molar-refractivity contribution in [2.75, 3.05) is 29.9 Å². The third-order valence-corrected chi connectivity index (χ3v) is 6.65. The van der Waals surface area contributed by atoms with Crippen LogP contribution in [-0.4, -0.2) is 45.8 Å². The first-order valence-corrected chi connectivity index (χ1v) is 11.9. The molecule has 2 fully saturated rings. The van der Waals surface area contributed by atoms with Crippen molar-refractivity contribution in [3.63, 3.8) is 0 Å². The van der Waals surface area contributed by atoms with E-state index in [0.717, 1.165) is 48.7 Å². The minimum atomic E-state index is -0.380. The Balaban J connectivity index is 1.33. The Morgan fingerprint density at radius 3 is 2.88 bits per heavy atom. The van der Waals surface area contributed by atoms with Gasteiger partial charge in [-0.15, -0.1) is 0 Å². The largest absolute Gasteiger partial charge is 0.421 e. The van der Waals surface area contributed by atoms with Gasteiger partial charge in [-0.05, 0) is 44.7 Å². The van der Waals surface area contributed by atoms with Crippen LogP contribution in [0, 0.1) is 5.82 Å². The number of ether oxygens (including phenoxy) is 1. The van der Waals surface area contributed by atoms with Gasteiger partial charge in [-0.1, -0.05) is 17.7 Å². The quantitative estimate of drug-likeness (QED) is 0.498. The maximum absolute atomic E-state index is 15.2. The molecule has 9 heteroatoms. The minimum Gasteiger partial charge on any atom is -0.421 e. The maximum Gasteiger partial charge on any atom is 0.326 e. The number of anilines is 3. The van der Waals surface area contributed by atoms with Gasteiger partial charge in [0.15, 0.2) is 17.4 Å². The standard InChI is InChI=1S/C25H28FN7O/c1-14-9-17-5-6-20(24(26)18(17)10-14)34-25-29-21(28-22-11-19(31-32-22)16-3-4-16)12-23(30-25)33-8-7-27-13-15(33)2/h5-6,10-12,15-16,27H,3-4,7-9,13H2,1-2H3,(H2,28,29,30,31,32)/t15-/m0/s1. The highest BCUT2D eigenvalue weighted by Crippen LogP contribution is 2.40. The summed E-state index contributed by atoms with van der Waals surface area (Å²) in [5.74, 6) is 2.29. The Hall–Kier alpha value is -3.46. The molecular weight excluding hydrogens is 433 g/mol. The summed E-state index contributed by atoms with van der Waals surface area (Å²) < 4.78 is 21.1. The third kappa shape index (κ3) is 4.11. The number of hydrogen-bond donors (Lipinski definition) is 3. The third-order valence-electron chi connectivity index (χ3n) is 6.65. The highest BCUT2D eigenvalue weighted by atomic mass is 19.1. The number of benzene rings is 1. The summed E-state index contributed by atoms with van der Waals surface area (Å²) in [6.07, 6.45) is 5.03.